The van der Waals surface area contributed by atoms with Gasteiger partial charge in [0.05, 0.1) is 0 Å². The summed E-state index contributed by atoms with van der Waals surface area (Å²) in [5.41, 5.74) is 1.58. The van der Waals surface area contributed by atoms with Crippen molar-refractivity contribution < 1.29 is 9.18 Å². The van der Waals surface area contributed by atoms with Gasteiger partial charge < -0.3 is 0 Å². The van der Waals surface area contributed by atoms with Gasteiger partial charge in [-0.25, -0.2) is 4.39 Å². The third kappa shape index (κ3) is 2.82. The number of hydrogen-bond acceptors (Lipinski definition) is 2. The monoisotopic (exact) mass is 307 g/mol. The molecule has 0 saturated carbocycles. The van der Waals surface area contributed by atoms with E-state index in [-0.39, 0.29) is 18.0 Å². The number of hydrogen-bond donors (Lipinski definition) is 0. The zero-order valence-corrected chi connectivity index (χ0v) is 11.4. The molecule has 0 aliphatic carbocycles. The fourth-order valence-corrected chi connectivity index (χ4v) is 2.12. The molecule has 1 heterocycles. The summed E-state index contributed by atoms with van der Waals surface area (Å²) in [6, 6.07) is 8.15. The van der Waals surface area contributed by atoms with Crippen LogP contribution in [0.3, 0.4) is 0 Å². The molecule has 0 atom stereocenters. The van der Waals surface area contributed by atoms with Crippen molar-refractivity contribution in [3.8, 4) is 0 Å². The summed E-state index contributed by atoms with van der Waals surface area (Å²) in [6.07, 6.45) is 1.58. The minimum atomic E-state index is -0.375. The van der Waals surface area contributed by atoms with Crippen molar-refractivity contribution in [2.24, 2.45) is 0 Å². The molecule has 0 saturated heterocycles. The van der Waals surface area contributed by atoms with Crippen LogP contribution >= 0.6 is 15.9 Å². The summed E-state index contributed by atoms with van der Waals surface area (Å²) < 4.78 is 14.3. The van der Waals surface area contributed by atoms with E-state index in [4.69, 9.17) is 0 Å². The van der Waals surface area contributed by atoms with Crippen molar-refractivity contribution in [2.45, 2.75) is 13.3 Å². The van der Waals surface area contributed by atoms with Crippen molar-refractivity contribution in [1.29, 1.82) is 0 Å². The number of aromatic nitrogens is 1. The summed E-state index contributed by atoms with van der Waals surface area (Å²) in [7, 11) is 0. The van der Waals surface area contributed by atoms with E-state index in [1.54, 1.807) is 24.4 Å². The van der Waals surface area contributed by atoms with Gasteiger partial charge in [-0.15, -0.1) is 0 Å². The molecule has 0 aliphatic heterocycles. The van der Waals surface area contributed by atoms with Crippen LogP contribution in [-0.2, 0) is 6.42 Å². The molecule has 18 heavy (non-hydrogen) atoms. The fourth-order valence-electron chi connectivity index (χ4n) is 1.71. The van der Waals surface area contributed by atoms with E-state index in [9.17, 15) is 9.18 Å². The number of pyridine rings is 1. The molecule has 0 aliphatic rings. The lowest BCUT2D eigenvalue weighted by Gasteiger charge is -2.05. The van der Waals surface area contributed by atoms with Gasteiger partial charge in [-0.1, -0.05) is 22.0 Å². The molecule has 1 aromatic carbocycles. The number of nitrogens with zero attached hydrogens (tertiary/aromatic N) is 1. The number of benzene rings is 1. The van der Waals surface area contributed by atoms with Crippen molar-refractivity contribution in [3.05, 3.63) is 63.6 Å². The zero-order valence-electron chi connectivity index (χ0n) is 9.78. The Morgan fingerprint density at radius 2 is 2.17 bits per heavy atom. The smallest absolute Gasteiger partial charge is 0.185 e. The molecule has 2 nitrogen and oxygen atoms in total. The number of Topliss-reactive ketones (excluding diaryl/α,β-unsaturated/α-hetero) is 1. The van der Waals surface area contributed by atoms with Crippen LogP contribution in [0, 0.1) is 12.7 Å². The molecule has 2 rings (SSSR count). The summed E-state index contributed by atoms with van der Waals surface area (Å²) in [5, 5.41) is 0. The Balaban J connectivity index is 2.27. The Morgan fingerprint density at radius 1 is 1.39 bits per heavy atom. The summed E-state index contributed by atoms with van der Waals surface area (Å²) in [5.74, 6) is -0.551. The lowest BCUT2D eigenvalue weighted by atomic mass is 10.0. The van der Waals surface area contributed by atoms with E-state index in [0.717, 1.165) is 10.0 Å². The first-order valence-electron chi connectivity index (χ1n) is 5.46. The van der Waals surface area contributed by atoms with Crippen LogP contribution in [0.25, 0.3) is 0 Å². The lowest BCUT2D eigenvalue weighted by Crippen LogP contribution is -2.09. The molecular weight excluding hydrogens is 297 g/mol. The number of ketones is 1. The molecule has 0 unspecified atom stereocenters. The second-order valence-corrected chi connectivity index (χ2v) is 4.92. The second-order valence-electron chi connectivity index (χ2n) is 4.00. The van der Waals surface area contributed by atoms with Gasteiger partial charge in [0.25, 0.3) is 0 Å². The van der Waals surface area contributed by atoms with E-state index in [1.807, 2.05) is 13.0 Å². The van der Waals surface area contributed by atoms with Gasteiger partial charge in [0.2, 0.25) is 0 Å². The van der Waals surface area contributed by atoms with Gasteiger partial charge in [-0.3, -0.25) is 9.78 Å². The Morgan fingerprint density at radius 3 is 2.89 bits per heavy atom. The van der Waals surface area contributed by atoms with Gasteiger partial charge in [-0.05, 0) is 42.3 Å². The highest BCUT2D eigenvalue weighted by atomic mass is 79.9. The summed E-state index contributed by atoms with van der Waals surface area (Å²) >= 11 is 3.26. The maximum atomic E-state index is 13.6. The SMILES string of the molecule is Cc1cccnc1C(=O)Cc1cc(Br)ccc1F. The highest BCUT2D eigenvalue weighted by molar-refractivity contribution is 9.10. The van der Waals surface area contributed by atoms with Gasteiger partial charge in [-0.2, -0.15) is 0 Å². The van der Waals surface area contributed by atoms with Crippen LogP contribution in [-0.4, -0.2) is 10.8 Å². The molecule has 0 spiro atoms. The number of rotatable bonds is 3. The van der Waals surface area contributed by atoms with E-state index in [0.29, 0.717) is 11.3 Å². The Labute approximate surface area is 113 Å². The van der Waals surface area contributed by atoms with Crippen LogP contribution in [0.4, 0.5) is 4.39 Å². The van der Waals surface area contributed by atoms with Gasteiger partial charge >= 0.3 is 0 Å². The number of halogens is 2. The Kier molecular flexibility index (Phi) is 3.87. The van der Waals surface area contributed by atoms with Crippen LogP contribution in [0.5, 0.6) is 0 Å². The average molecular weight is 308 g/mol. The maximum absolute atomic E-state index is 13.6. The minimum Gasteiger partial charge on any atom is -0.292 e. The predicted molar refractivity (Wildman–Crippen MR) is 71.1 cm³/mol. The number of aryl methyl sites for hydroxylation is 1. The van der Waals surface area contributed by atoms with Crippen LogP contribution < -0.4 is 0 Å². The number of carbonyl (C=O) groups is 1. The first-order valence-corrected chi connectivity index (χ1v) is 6.26. The standard InChI is InChI=1S/C14H11BrFNO/c1-9-3-2-6-17-14(9)13(18)8-10-7-11(15)4-5-12(10)16/h2-7H,8H2,1H3. The highest BCUT2D eigenvalue weighted by Gasteiger charge is 2.13. The van der Waals surface area contributed by atoms with Gasteiger partial charge in [0.15, 0.2) is 5.78 Å². The Bertz CT molecular complexity index is 598. The van der Waals surface area contributed by atoms with Gasteiger partial charge in [0.1, 0.15) is 11.5 Å². The van der Waals surface area contributed by atoms with E-state index in [2.05, 4.69) is 20.9 Å². The minimum absolute atomic E-state index is 0.0170. The molecule has 0 fully saturated rings. The number of carbonyl (C=O) groups excluding carboxylic acids is 1. The van der Waals surface area contributed by atoms with Crippen molar-refractivity contribution in [2.75, 3.05) is 0 Å². The molecule has 0 radical (unpaired) electrons. The van der Waals surface area contributed by atoms with Crippen LogP contribution in [0.15, 0.2) is 41.0 Å². The topological polar surface area (TPSA) is 30.0 Å². The van der Waals surface area contributed by atoms with E-state index >= 15 is 0 Å². The predicted octanol–water partition coefficient (Wildman–Crippen LogP) is 3.72. The summed E-state index contributed by atoms with van der Waals surface area (Å²) in [4.78, 5) is 16.1. The lowest BCUT2D eigenvalue weighted by molar-refractivity contribution is 0.0986. The van der Waals surface area contributed by atoms with Crippen LogP contribution in [0.2, 0.25) is 0 Å². The largest absolute Gasteiger partial charge is 0.292 e. The van der Waals surface area contributed by atoms with Crippen molar-refractivity contribution in [3.63, 3.8) is 0 Å². The molecule has 92 valence electrons. The average Bonchev–Trinajstić information content (AvgIpc) is 2.34. The highest BCUT2D eigenvalue weighted by Crippen LogP contribution is 2.17. The summed E-state index contributed by atoms with van der Waals surface area (Å²) in [6.45, 7) is 1.82. The quantitative estimate of drug-likeness (QED) is 0.809. The van der Waals surface area contributed by atoms with E-state index in [1.165, 1.54) is 6.07 Å². The van der Waals surface area contributed by atoms with Crippen molar-refractivity contribution >= 4 is 21.7 Å². The normalized spacial score (nSPS) is 10.4. The maximum Gasteiger partial charge on any atom is 0.185 e. The van der Waals surface area contributed by atoms with Crippen LogP contribution in [0.1, 0.15) is 21.6 Å². The van der Waals surface area contributed by atoms with Crippen molar-refractivity contribution in [1.82, 2.24) is 4.98 Å². The molecule has 0 bridgehead atoms. The molecular formula is C14H11BrFNO. The molecule has 1 aromatic heterocycles. The first kappa shape index (κ1) is 12.9. The Hall–Kier alpha value is -1.55. The molecule has 0 amide bonds. The molecule has 2 aromatic rings. The zero-order chi connectivity index (χ0) is 13.1. The third-order valence-corrected chi connectivity index (χ3v) is 3.13. The third-order valence-electron chi connectivity index (χ3n) is 2.63. The fraction of sp³-hybridized carbons (Fsp3) is 0.143. The first-order chi connectivity index (χ1) is 8.58. The molecule has 4 heteroatoms. The second kappa shape index (κ2) is 5.40. The van der Waals surface area contributed by atoms with E-state index < -0.39 is 0 Å². The van der Waals surface area contributed by atoms with Gasteiger partial charge in [0, 0.05) is 17.1 Å². The molecule has 0 N–H and O–H groups in total.